The summed E-state index contributed by atoms with van der Waals surface area (Å²) in [6.07, 6.45) is 2.01. The highest BCUT2D eigenvalue weighted by atomic mass is 19.1. The average Bonchev–Trinajstić information content (AvgIpc) is 2.76. The normalized spacial score (nSPS) is 30.4. The fourth-order valence-electron chi connectivity index (χ4n) is 4.37. The van der Waals surface area contributed by atoms with E-state index in [2.05, 4.69) is 0 Å². The van der Waals surface area contributed by atoms with Gasteiger partial charge >= 0.3 is 0 Å². The third-order valence-electron chi connectivity index (χ3n) is 5.48. The van der Waals surface area contributed by atoms with E-state index in [0.717, 1.165) is 5.57 Å². The number of nitrogens with zero attached hydrogens (tertiary/aromatic N) is 1. The van der Waals surface area contributed by atoms with E-state index < -0.39 is 28.8 Å². The van der Waals surface area contributed by atoms with E-state index in [1.165, 1.54) is 17.0 Å². The molecule has 1 aromatic rings. The fraction of sp³-hybridized carbons (Fsp3) is 0.474. The minimum absolute atomic E-state index is 0.0486. The monoisotopic (exact) mass is 345 g/mol. The summed E-state index contributed by atoms with van der Waals surface area (Å²) in [6.45, 7) is 5.79. The quantitative estimate of drug-likeness (QED) is 0.847. The topological polar surface area (TPSA) is 66.8 Å². The van der Waals surface area contributed by atoms with Gasteiger partial charge in [-0.1, -0.05) is 6.08 Å². The van der Waals surface area contributed by atoms with Gasteiger partial charge in [0.05, 0.1) is 30.4 Å². The molecule has 6 heteroatoms. The van der Waals surface area contributed by atoms with E-state index in [1.54, 1.807) is 0 Å². The van der Waals surface area contributed by atoms with Gasteiger partial charge in [-0.05, 0) is 38.5 Å². The van der Waals surface area contributed by atoms with Gasteiger partial charge in [0.1, 0.15) is 11.6 Å². The fourth-order valence-corrected chi connectivity index (χ4v) is 4.37. The number of allylic oxidation sites excluding steroid dienone is 1. The van der Waals surface area contributed by atoms with Crippen molar-refractivity contribution in [1.82, 2.24) is 0 Å². The van der Waals surface area contributed by atoms with Gasteiger partial charge in [0.25, 0.3) is 5.91 Å². The Morgan fingerprint density at radius 3 is 2.72 bits per heavy atom. The average molecular weight is 345 g/mol. The number of ketones is 1. The second kappa shape index (κ2) is 4.99. The number of halogens is 1. The van der Waals surface area contributed by atoms with Crippen LogP contribution in [0.3, 0.4) is 0 Å². The van der Waals surface area contributed by atoms with Gasteiger partial charge in [0.2, 0.25) is 0 Å². The van der Waals surface area contributed by atoms with Crippen molar-refractivity contribution in [2.24, 2.45) is 5.92 Å². The predicted octanol–water partition coefficient (Wildman–Crippen LogP) is 2.16. The van der Waals surface area contributed by atoms with Crippen LogP contribution < -0.4 is 4.90 Å². The maximum Gasteiger partial charge on any atom is 0.265 e. The van der Waals surface area contributed by atoms with Crippen molar-refractivity contribution >= 4 is 23.0 Å². The number of hydrogen-bond acceptors (Lipinski definition) is 4. The Morgan fingerprint density at radius 2 is 2.04 bits per heavy atom. The number of aliphatic hydroxyl groups is 1. The minimum atomic E-state index is -2.10. The summed E-state index contributed by atoms with van der Waals surface area (Å²) in [4.78, 5) is 27.2. The smallest absolute Gasteiger partial charge is 0.265 e. The number of hydrogen-bond donors (Lipinski definition) is 1. The van der Waals surface area contributed by atoms with Gasteiger partial charge in [0, 0.05) is 17.5 Å². The van der Waals surface area contributed by atoms with Crippen LogP contribution in [0, 0.1) is 11.7 Å². The van der Waals surface area contributed by atoms with Crippen LogP contribution in [0.15, 0.2) is 18.2 Å². The first-order valence-electron chi connectivity index (χ1n) is 8.39. The van der Waals surface area contributed by atoms with Gasteiger partial charge in [-0.3, -0.25) is 14.5 Å². The SMILES string of the molecule is CC1=CC(C)(C)N2C(=O)C(O)(C3COCCC3=O)c3cc(F)cc1c32. The summed E-state index contributed by atoms with van der Waals surface area (Å²) in [5.41, 5.74) is -0.722. The zero-order valence-corrected chi connectivity index (χ0v) is 14.4. The second-order valence-corrected chi connectivity index (χ2v) is 7.58. The van der Waals surface area contributed by atoms with Crippen LogP contribution >= 0.6 is 0 Å². The van der Waals surface area contributed by atoms with Gasteiger partial charge in [-0.25, -0.2) is 4.39 Å². The maximum atomic E-state index is 14.3. The largest absolute Gasteiger partial charge is 0.380 e. The molecule has 3 heterocycles. The molecule has 0 saturated carbocycles. The lowest BCUT2D eigenvalue weighted by molar-refractivity contribution is -0.159. The van der Waals surface area contributed by atoms with Gasteiger partial charge in [-0.15, -0.1) is 0 Å². The number of benzene rings is 1. The molecular weight excluding hydrogens is 325 g/mol. The Balaban J connectivity index is 2.00. The summed E-state index contributed by atoms with van der Waals surface area (Å²) < 4.78 is 19.6. The summed E-state index contributed by atoms with van der Waals surface area (Å²) in [6, 6.07) is 2.54. The first-order chi connectivity index (χ1) is 11.7. The second-order valence-electron chi connectivity index (χ2n) is 7.58. The van der Waals surface area contributed by atoms with Crippen molar-refractivity contribution in [2.75, 3.05) is 18.1 Å². The van der Waals surface area contributed by atoms with Crippen molar-refractivity contribution in [1.29, 1.82) is 0 Å². The van der Waals surface area contributed by atoms with Crippen molar-refractivity contribution in [2.45, 2.75) is 38.3 Å². The standard InChI is InChI=1S/C19H20FNO4/c1-10-8-18(2,3)21-16-12(10)6-11(20)7-13(16)19(24,17(21)23)14-9-25-5-4-15(14)22/h6-8,14,24H,4-5,9H2,1-3H3. The van der Waals surface area contributed by atoms with E-state index in [4.69, 9.17) is 4.74 Å². The molecule has 25 heavy (non-hydrogen) atoms. The molecule has 132 valence electrons. The van der Waals surface area contributed by atoms with Crippen LogP contribution in [0.2, 0.25) is 0 Å². The lowest BCUT2D eigenvalue weighted by Crippen LogP contribution is -2.56. The van der Waals surface area contributed by atoms with Crippen molar-refractivity contribution in [3.63, 3.8) is 0 Å². The molecule has 0 radical (unpaired) electrons. The Kier molecular flexibility index (Phi) is 3.28. The molecule has 2 atom stereocenters. The van der Waals surface area contributed by atoms with Crippen LogP contribution in [0.1, 0.15) is 38.3 Å². The van der Waals surface area contributed by atoms with E-state index >= 15 is 0 Å². The Bertz CT molecular complexity index is 844. The molecule has 5 nitrogen and oxygen atoms in total. The first-order valence-corrected chi connectivity index (χ1v) is 8.39. The third kappa shape index (κ3) is 2.01. The number of carbonyl (C=O) groups is 2. The number of ether oxygens (including phenoxy) is 1. The molecule has 0 bridgehead atoms. The van der Waals surface area contributed by atoms with Crippen LogP contribution in [-0.2, 0) is 19.9 Å². The van der Waals surface area contributed by atoms with E-state index in [0.29, 0.717) is 11.3 Å². The molecule has 1 amide bonds. The number of amides is 1. The highest BCUT2D eigenvalue weighted by Gasteiger charge is 2.61. The molecule has 3 aliphatic heterocycles. The lowest BCUT2D eigenvalue weighted by atomic mass is 9.78. The van der Waals surface area contributed by atoms with E-state index in [9.17, 15) is 19.1 Å². The third-order valence-corrected chi connectivity index (χ3v) is 5.48. The molecule has 4 rings (SSSR count). The number of carbonyl (C=O) groups excluding carboxylic acids is 2. The van der Waals surface area contributed by atoms with Crippen LogP contribution in [0.5, 0.6) is 0 Å². The number of rotatable bonds is 1. The highest BCUT2D eigenvalue weighted by Crippen LogP contribution is 2.53. The minimum Gasteiger partial charge on any atom is -0.380 e. The summed E-state index contributed by atoms with van der Waals surface area (Å²) in [5, 5.41) is 11.4. The molecule has 1 aromatic carbocycles. The predicted molar refractivity (Wildman–Crippen MR) is 89.4 cm³/mol. The van der Waals surface area contributed by atoms with E-state index in [1.807, 2.05) is 26.8 Å². The van der Waals surface area contributed by atoms with Gasteiger partial charge in [0.15, 0.2) is 5.60 Å². The molecular formula is C19H20FNO4. The van der Waals surface area contributed by atoms with Crippen LogP contribution in [0.25, 0.3) is 5.57 Å². The van der Waals surface area contributed by atoms with Crippen molar-refractivity contribution in [3.05, 3.63) is 35.2 Å². The molecule has 0 aromatic heterocycles. The lowest BCUT2D eigenvalue weighted by Gasteiger charge is -2.40. The molecule has 0 spiro atoms. The first kappa shape index (κ1) is 16.4. The Labute approximate surface area is 145 Å². The van der Waals surface area contributed by atoms with Crippen molar-refractivity contribution < 1.29 is 23.8 Å². The van der Waals surface area contributed by atoms with Crippen LogP contribution in [-0.4, -0.2) is 35.5 Å². The Hall–Kier alpha value is -2.05. The van der Waals surface area contributed by atoms with Gasteiger partial charge < -0.3 is 9.84 Å². The number of Topliss-reactive ketones (excluding diaryl/α,β-unsaturated/α-hetero) is 1. The van der Waals surface area contributed by atoms with Crippen molar-refractivity contribution in [3.8, 4) is 0 Å². The molecule has 1 saturated heterocycles. The summed E-state index contributed by atoms with van der Waals surface area (Å²) >= 11 is 0. The molecule has 2 unspecified atom stereocenters. The van der Waals surface area contributed by atoms with Gasteiger partial charge in [-0.2, -0.15) is 0 Å². The van der Waals surface area contributed by atoms with E-state index in [-0.39, 0.29) is 31.0 Å². The summed E-state index contributed by atoms with van der Waals surface area (Å²) in [7, 11) is 0. The zero-order chi connectivity index (χ0) is 18.1. The molecule has 1 fully saturated rings. The highest BCUT2D eigenvalue weighted by molar-refractivity contribution is 6.13. The zero-order valence-electron chi connectivity index (χ0n) is 14.4. The summed E-state index contributed by atoms with van der Waals surface area (Å²) in [5.74, 6) is -2.39. The number of anilines is 1. The maximum absolute atomic E-state index is 14.3. The molecule has 3 aliphatic rings. The molecule has 0 aliphatic carbocycles. The molecule has 1 N–H and O–H groups in total. The Morgan fingerprint density at radius 1 is 1.32 bits per heavy atom. The van der Waals surface area contributed by atoms with Crippen LogP contribution in [0.4, 0.5) is 10.1 Å².